The minimum atomic E-state index is -4.53. The molecule has 3 heterocycles. The summed E-state index contributed by atoms with van der Waals surface area (Å²) in [4.78, 5) is 35.3. The number of anilines is 2. The van der Waals surface area contributed by atoms with E-state index in [0.717, 1.165) is 6.33 Å². The van der Waals surface area contributed by atoms with Crippen molar-refractivity contribution in [2.24, 2.45) is 0 Å². The summed E-state index contributed by atoms with van der Waals surface area (Å²) >= 11 is 0. The predicted octanol–water partition coefficient (Wildman–Crippen LogP) is 3.67. The lowest BCUT2D eigenvalue weighted by Crippen LogP contribution is -2.49. The molecule has 1 N–H and O–H groups in total. The normalized spacial score (nSPS) is 19.0. The van der Waals surface area contributed by atoms with Crippen molar-refractivity contribution in [1.29, 1.82) is 0 Å². The van der Waals surface area contributed by atoms with Crippen LogP contribution in [0.4, 0.5) is 24.7 Å². The summed E-state index contributed by atoms with van der Waals surface area (Å²) in [5, 5.41) is 3.07. The van der Waals surface area contributed by atoms with Gasteiger partial charge in [-0.3, -0.25) is 14.5 Å². The second-order valence-electron chi connectivity index (χ2n) is 9.24. The van der Waals surface area contributed by atoms with E-state index in [-0.39, 0.29) is 29.1 Å². The summed E-state index contributed by atoms with van der Waals surface area (Å²) in [5.41, 5.74) is 0.139. The molecule has 0 unspecified atom stereocenters. The molecule has 8 nitrogen and oxygen atoms in total. The van der Waals surface area contributed by atoms with Crippen molar-refractivity contribution in [3.05, 3.63) is 41.7 Å². The Morgan fingerprint density at radius 1 is 1.18 bits per heavy atom. The molecule has 0 bridgehead atoms. The maximum absolute atomic E-state index is 13.3. The Balaban J connectivity index is 1.62. The molecule has 0 aliphatic carbocycles. The van der Waals surface area contributed by atoms with Gasteiger partial charge in [-0.05, 0) is 57.4 Å². The van der Waals surface area contributed by atoms with Gasteiger partial charge in [0.2, 0.25) is 11.8 Å². The molecule has 0 spiro atoms. The zero-order valence-electron chi connectivity index (χ0n) is 19.0. The Morgan fingerprint density at radius 2 is 1.88 bits per heavy atom. The Labute approximate surface area is 194 Å². The number of nitrogens with zero attached hydrogens (tertiary/aromatic N) is 3. The molecule has 4 rings (SSSR count). The van der Waals surface area contributed by atoms with Gasteiger partial charge in [0.1, 0.15) is 12.1 Å². The number of amides is 2. The van der Waals surface area contributed by atoms with Crippen LogP contribution in [0, 0.1) is 0 Å². The van der Waals surface area contributed by atoms with Gasteiger partial charge < -0.3 is 14.8 Å². The van der Waals surface area contributed by atoms with Gasteiger partial charge in [0.05, 0.1) is 11.1 Å². The number of rotatable bonds is 5. The van der Waals surface area contributed by atoms with Gasteiger partial charge in [-0.25, -0.2) is 9.97 Å². The van der Waals surface area contributed by atoms with Gasteiger partial charge in [0, 0.05) is 30.4 Å². The molecule has 11 heteroatoms. The number of fused-ring (bicyclic) bond motifs is 1. The van der Waals surface area contributed by atoms with E-state index in [0.29, 0.717) is 42.9 Å². The van der Waals surface area contributed by atoms with E-state index in [1.54, 1.807) is 32.0 Å². The summed E-state index contributed by atoms with van der Waals surface area (Å²) < 4.78 is 47.6. The summed E-state index contributed by atoms with van der Waals surface area (Å²) in [5.74, 6) is -0.811. The van der Waals surface area contributed by atoms with Crippen LogP contribution in [0.3, 0.4) is 0 Å². The summed E-state index contributed by atoms with van der Waals surface area (Å²) in [6, 6.07) is 6.11. The number of halogens is 3. The van der Waals surface area contributed by atoms with Crippen LogP contribution in [-0.2, 0) is 14.9 Å². The van der Waals surface area contributed by atoms with E-state index < -0.39 is 18.2 Å². The fourth-order valence-corrected chi connectivity index (χ4v) is 4.08. The average molecular weight is 478 g/mol. The van der Waals surface area contributed by atoms with E-state index in [1.807, 2.05) is 6.92 Å². The summed E-state index contributed by atoms with van der Waals surface area (Å²) in [6.45, 7) is 5.05. The molecule has 0 radical (unpaired) electrons. The maximum Gasteiger partial charge on any atom is 0.422 e. The number of carbonyl (C=O) groups excluding carboxylic acids is 2. The van der Waals surface area contributed by atoms with Crippen molar-refractivity contribution < 1.29 is 32.2 Å². The topological polar surface area (TPSA) is 93.7 Å². The average Bonchev–Trinajstić information content (AvgIpc) is 2.97. The van der Waals surface area contributed by atoms with Crippen LogP contribution in [0.15, 0.2) is 30.6 Å². The molecule has 0 atom stereocenters. The van der Waals surface area contributed by atoms with Crippen LogP contribution >= 0.6 is 0 Å². The van der Waals surface area contributed by atoms with Gasteiger partial charge in [-0.1, -0.05) is 0 Å². The standard InChI is InChI=1S/C23H25F3N4O4/c1-21(2)15-10-14(19(31)29-22(3)6-8-33-9-7-22)4-5-16(15)30(20(21)32)17-11-18(28-13-27-17)34-12-23(24,25)26/h4-5,10-11,13H,6-9,12H2,1-3H3,(H,29,31). The number of carbonyl (C=O) groups is 2. The molecular weight excluding hydrogens is 453 g/mol. The first kappa shape index (κ1) is 23.9. The van der Waals surface area contributed by atoms with Crippen molar-refractivity contribution in [2.45, 2.75) is 50.7 Å². The number of nitrogens with one attached hydrogen (secondary N) is 1. The molecule has 34 heavy (non-hydrogen) atoms. The SMILES string of the molecule is CC1(NC(=O)c2ccc3c(c2)C(C)(C)C(=O)N3c2cc(OCC(F)(F)F)ncn2)CCOCC1. The molecule has 182 valence electrons. The monoisotopic (exact) mass is 478 g/mol. The van der Waals surface area contributed by atoms with E-state index >= 15 is 0 Å². The maximum atomic E-state index is 13.3. The van der Waals surface area contributed by atoms with Crippen molar-refractivity contribution in [2.75, 3.05) is 24.7 Å². The molecule has 2 amide bonds. The lowest BCUT2D eigenvalue weighted by Gasteiger charge is -2.34. The third-order valence-electron chi connectivity index (χ3n) is 6.16. The first-order chi connectivity index (χ1) is 15.9. The van der Waals surface area contributed by atoms with Gasteiger partial charge >= 0.3 is 6.18 Å². The molecule has 1 saturated heterocycles. The second kappa shape index (κ2) is 8.53. The second-order valence-corrected chi connectivity index (χ2v) is 9.24. The largest absolute Gasteiger partial charge is 0.468 e. The highest BCUT2D eigenvalue weighted by molar-refractivity contribution is 6.12. The Hall–Kier alpha value is -3.21. The Bertz CT molecular complexity index is 1110. The van der Waals surface area contributed by atoms with Gasteiger partial charge in [-0.2, -0.15) is 13.2 Å². The Kier molecular flexibility index (Phi) is 6.01. The summed E-state index contributed by atoms with van der Waals surface area (Å²) in [7, 11) is 0. The number of aromatic nitrogens is 2. The quantitative estimate of drug-likeness (QED) is 0.705. The lowest BCUT2D eigenvalue weighted by atomic mass is 9.85. The highest BCUT2D eigenvalue weighted by Crippen LogP contribution is 2.45. The van der Waals surface area contributed by atoms with E-state index in [2.05, 4.69) is 15.3 Å². The third-order valence-corrected chi connectivity index (χ3v) is 6.16. The number of hydrogen-bond acceptors (Lipinski definition) is 6. The molecule has 2 aliphatic rings. The fraction of sp³-hybridized carbons (Fsp3) is 0.478. The Morgan fingerprint density at radius 3 is 2.56 bits per heavy atom. The number of hydrogen-bond donors (Lipinski definition) is 1. The van der Waals surface area contributed by atoms with Crippen molar-refractivity contribution in [1.82, 2.24) is 15.3 Å². The summed E-state index contributed by atoms with van der Waals surface area (Å²) in [6.07, 6.45) is -2.08. The predicted molar refractivity (Wildman–Crippen MR) is 116 cm³/mol. The molecule has 0 saturated carbocycles. The molecule has 2 aliphatic heterocycles. The first-order valence-electron chi connectivity index (χ1n) is 10.8. The van der Waals surface area contributed by atoms with E-state index in [4.69, 9.17) is 9.47 Å². The van der Waals surface area contributed by atoms with Crippen LogP contribution < -0.4 is 15.0 Å². The van der Waals surface area contributed by atoms with Crippen molar-refractivity contribution in [3.63, 3.8) is 0 Å². The molecule has 1 fully saturated rings. The third kappa shape index (κ3) is 4.70. The van der Waals surface area contributed by atoms with Crippen LogP contribution in [0.5, 0.6) is 5.88 Å². The smallest absolute Gasteiger partial charge is 0.422 e. The number of alkyl halides is 3. The molecule has 1 aromatic carbocycles. The lowest BCUT2D eigenvalue weighted by molar-refractivity contribution is -0.154. The minimum absolute atomic E-state index is 0.0796. The van der Waals surface area contributed by atoms with Crippen molar-refractivity contribution >= 4 is 23.3 Å². The first-order valence-corrected chi connectivity index (χ1v) is 10.8. The van der Waals surface area contributed by atoms with Gasteiger partial charge in [-0.15, -0.1) is 0 Å². The van der Waals surface area contributed by atoms with Crippen LogP contribution in [0.2, 0.25) is 0 Å². The minimum Gasteiger partial charge on any atom is -0.468 e. The van der Waals surface area contributed by atoms with Crippen LogP contribution in [0.25, 0.3) is 0 Å². The zero-order valence-corrected chi connectivity index (χ0v) is 19.0. The van der Waals surface area contributed by atoms with Crippen LogP contribution in [0.1, 0.15) is 49.5 Å². The molecule has 1 aromatic heterocycles. The highest BCUT2D eigenvalue weighted by atomic mass is 19.4. The molecule has 2 aromatic rings. The zero-order chi connectivity index (χ0) is 24.7. The highest BCUT2D eigenvalue weighted by Gasteiger charge is 2.45. The molecular formula is C23H25F3N4O4. The number of benzene rings is 1. The van der Waals surface area contributed by atoms with Crippen molar-refractivity contribution in [3.8, 4) is 5.88 Å². The van der Waals surface area contributed by atoms with E-state index in [1.165, 1.54) is 11.0 Å². The number of ether oxygens (including phenoxy) is 2. The fourth-order valence-electron chi connectivity index (χ4n) is 4.08. The van der Waals surface area contributed by atoms with E-state index in [9.17, 15) is 22.8 Å². The van der Waals surface area contributed by atoms with Gasteiger partial charge in [0.15, 0.2) is 6.61 Å². The van der Waals surface area contributed by atoms with Crippen LogP contribution in [-0.4, -0.2) is 53.3 Å². The van der Waals surface area contributed by atoms with Gasteiger partial charge in [0.25, 0.3) is 5.91 Å².